The lowest BCUT2D eigenvalue weighted by Crippen LogP contribution is -2.15. The number of aromatic nitrogens is 1. The summed E-state index contributed by atoms with van der Waals surface area (Å²) in [4.78, 5) is 9.73. The number of hydrogen-bond donors (Lipinski definition) is 3. The van der Waals surface area contributed by atoms with Crippen LogP contribution in [-0.4, -0.2) is 21.7 Å². The summed E-state index contributed by atoms with van der Waals surface area (Å²) >= 11 is 0. The highest BCUT2D eigenvalue weighted by Crippen LogP contribution is 2.37. The Morgan fingerprint density at radius 3 is 2.46 bits per heavy atom. The van der Waals surface area contributed by atoms with Crippen LogP contribution in [0.1, 0.15) is 36.2 Å². The van der Waals surface area contributed by atoms with Gasteiger partial charge in [-0.3, -0.25) is 0 Å². The molecule has 0 spiro atoms. The number of halogens is 6. The van der Waals surface area contributed by atoms with Gasteiger partial charge in [0.05, 0.1) is 12.1 Å². The number of nitrogens with one attached hydrogen (secondary N) is 1. The number of phenolic OH excluding ortho intramolecular Hbond substituents is 1. The van der Waals surface area contributed by atoms with Gasteiger partial charge >= 0.3 is 12.4 Å². The Balaban J connectivity index is 0.000000509. The molecule has 2 aromatic carbocycles. The highest BCUT2D eigenvalue weighted by molar-refractivity contribution is 5.95. The molecule has 0 saturated heterocycles. The first-order valence-electron chi connectivity index (χ1n) is 10.3. The molecule has 1 aliphatic rings. The van der Waals surface area contributed by atoms with Gasteiger partial charge in [0.1, 0.15) is 5.75 Å². The van der Waals surface area contributed by atoms with Crippen LogP contribution in [0.4, 0.5) is 26.3 Å². The van der Waals surface area contributed by atoms with Crippen LogP contribution in [-0.2, 0) is 17.6 Å². The highest BCUT2D eigenvalue weighted by Gasteiger charge is 2.35. The van der Waals surface area contributed by atoms with E-state index in [1.807, 2.05) is 35.0 Å². The van der Waals surface area contributed by atoms with E-state index in [0.29, 0.717) is 12.2 Å². The van der Waals surface area contributed by atoms with Crippen molar-refractivity contribution < 1.29 is 36.3 Å². The normalized spacial score (nSPS) is 15.9. The van der Waals surface area contributed by atoms with Crippen molar-refractivity contribution >= 4 is 16.8 Å². The maximum Gasteiger partial charge on any atom is 0.419 e. The van der Waals surface area contributed by atoms with Crippen molar-refractivity contribution in [3.63, 3.8) is 0 Å². The third kappa shape index (κ3) is 6.27. The summed E-state index contributed by atoms with van der Waals surface area (Å²) in [6.07, 6.45) is -8.10. The third-order valence-electron chi connectivity index (χ3n) is 4.98. The monoisotopic (exact) mass is 500 g/mol. The van der Waals surface area contributed by atoms with E-state index in [4.69, 9.17) is 10.6 Å². The Morgan fingerprint density at radius 2 is 1.86 bits per heavy atom. The summed E-state index contributed by atoms with van der Waals surface area (Å²) in [5, 5.41) is 10.4. The minimum absolute atomic E-state index is 0.00673. The van der Waals surface area contributed by atoms with Crippen molar-refractivity contribution in [3.05, 3.63) is 77.6 Å². The van der Waals surface area contributed by atoms with Gasteiger partial charge in [0.25, 0.3) is 0 Å². The maximum atomic E-state index is 13.1. The van der Waals surface area contributed by atoms with E-state index in [2.05, 4.69) is 17.1 Å². The number of benzene rings is 2. The van der Waals surface area contributed by atoms with Crippen molar-refractivity contribution in [2.75, 3.05) is 0 Å². The molecule has 12 heteroatoms. The number of hydrogen-bond acceptors (Lipinski definition) is 5. The number of aromatic hydroxyl groups is 1. The standard InChI is InChI=1S/C20H17F3N4O2.C3H5F3/c1-11(24)10-27-8-7-13-14(3-2-4-16(13)27)18-25-19(29-26-18)12-5-6-17(28)15(9-12)20(21,22)23;1-2-3(4,5)6/h2-9,18,26,28H,1,10,24H2;2H2,1H3. The number of alkyl halides is 6. The van der Waals surface area contributed by atoms with Gasteiger partial charge in [0.15, 0.2) is 6.17 Å². The topological polar surface area (TPSA) is 84.8 Å². The molecule has 1 atom stereocenters. The summed E-state index contributed by atoms with van der Waals surface area (Å²) in [7, 11) is 0. The van der Waals surface area contributed by atoms with Gasteiger partial charge in [-0.2, -0.15) is 26.3 Å². The Hall–Kier alpha value is -3.67. The van der Waals surface area contributed by atoms with Gasteiger partial charge in [-0.05, 0) is 30.3 Å². The van der Waals surface area contributed by atoms with Crippen LogP contribution in [0.15, 0.2) is 65.9 Å². The number of hydroxylamine groups is 1. The van der Waals surface area contributed by atoms with Crippen LogP contribution in [0, 0.1) is 0 Å². The maximum absolute atomic E-state index is 13.1. The fourth-order valence-electron chi connectivity index (χ4n) is 3.29. The molecule has 188 valence electrons. The van der Waals surface area contributed by atoms with Crippen LogP contribution in [0.3, 0.4) is 0 Å². The van der Waals surface area contributed by atoms with Crippen LogP contribution >= 0.6 is 0 Å². The molecule has 1 unspecified atom stereocenters. The fourth-order valence-corrected chi connectivity index (χ4v) is 3.29. The lowest BCUT2D eigenvalue weighted by molar-refractivity contribution is -0.138. The molecular weight excluding hydrogens is 478 g/mol. The summed E-state index contributed by atoms with van der Waals surface area (Å²) in [5.74, 6) is -0.843. The van der Waals surface area contributed by atoms with Crippen molar-refractivity contribution in [2.45, 2.75) is 38.4 Å². The van der Waals surface area contributed by atoms with E-state index >= 15 is 0 Å². The lowest BCUT2D eigenvalue weighted by Gasteiger charge is -2.10. The molecule has 1 aliphatic heterocycles. The summed E-state index contributed by atoms with van der Waals surface area (Å²) in [5.41, 5.74) is 9.64. The first kappa shape index (κ1) is 25.9. The Bertz CT molecular complexity index is 1250. The zero-order valence-electron chi connectivity index (χ0n) is 18.4. The minimum Gasteiger partial charge on any atom is -0.507 e. The third-order valence-corrected chi connectivity index (χ3v) is 4.98. The molecule has 35 heavy (non-hydrogen) atoms. The average Bonchev–Trinajstić information content (AvgIpc) is 3.41. The molecule has 0 amide bonds. The molecule has 0 fully saturated rings. The molecule has 6 nitrogen and oxygen atoms in total. The van der Waals surface area contributed by atoms with Gasteiger partial charge in [0.2, 0.25) is 5.90 Å². The number of nitrogens with zero attached hydrogens (tertiary/aromatic N) is 2. The van der Waals surface area contributed by atoms with E-state index in [1.165, 1.54) is 6.07 Å². The second-order valence-corrected chi connectivity index (χ2v) is 7.64. The molecule has 0 bridgehead atoms. The van der Waals surface area contributed by atoms with Crippen molar-refractivity contribution in [3.8, 4) is 5.75 Å². The number of allylic oxidation sites excluding steroid dienone is 1. The number of phenols is 1. The van der Waals surface area contributed by atoms with E-state index in [1.54, 1.807) is 0 Å². The Kier molecular flexibility index (Phi) is 7.34. The molecular formula is C23H22F6N4O2. The Labute approximate surface area is 196 Å². The van der Waals surface area contributed by atoms with Crippen molar-refractivity contribution in [1.29, 1.82) is 0 Å². The number of nitrogens with two attached hydrogens (primary N) is 1. The molecule has 4 rings (SSSR count). The van der Waals surface area contributed by atoms with Crippen LogP contribution in [0.25, 0.3) is 10.9 Å². The number of aliphatic imine (C=N–C) groups is 1. The van der Waals surface area contributed by atoms with E-state index in [-0.39, 0.29) is 11.5 Å². The largest absolute Gasteiger partial charge is 0.507 e. The molecule has 0 saturated carbocycles. The number of rotatable bonds is 4. The Morgan fingerprint density at radius 1 is 1.17 bits per heavy atom. The van der Waals surface area contributed by atoms with Crippen molar-refractivity contribution in [2.24, 2.45) is 10.7 Å². The quantitative estimate of drug-likeness (QED) is 0.397. The van der Waals surface area contributed by atoms with Gasteiger partial charge in [-0.1, -0.05) is 25.6 Å². The zero-order chi connectivity index (χ0) is 26.0. The molecule has 0 aliphatic carbocycles. The van der Waals surface area contributed by atoms with Gasteiger partial charge < -0.3 is 20.2 Å². The van der Waals surface area contributed by atoms with E-state index in [0.717, 1.165) is 35.5 Å². The fraction of sp³-hybridized carbons (Fsp3) is 0.261. The molecule has 1 aromatic heterocycles. The van der Waals surface area contributed by atoms with Gasteiger partial charge in [-0.15, -0.1) is 5.48 Å². The first-order chi connectivity index (χ1) is 16.3. The lowest BCUT2D eigenvalue weighted by atomic mass is 10.1. The van der Waals surface area contributed by atoms with Gasteiger partial charge in [0, 0.05) is 40.3 Å². The van der Waals surface area contributed by atoms with Crippen molar-refractivity contribution in [1.82, 2.24) is 10.0 Å². The van der Waals surface area contributed by atoms with Crippen LogP contribution in [0.2, 0.25) is 0 Å². The molecule has 3 aromatic rings. The summed E-state index contributed by atoms with van der Waals surface area (Å²) in [6.45, 7) is 5.26. The van der Waals surface area contributed by atoms with E-state index < -0.39 is 36.3 Å². The van der Waals surface area contributed by atoms with Gasteiger partial charge in [-0.25, -0.2) is 4.99 Å². The smallest absolute Gasteiger partial charge is 0.419 e. The SMILES string of the molecule is C=C(N)Cn1ccc2c(C3N=C(c4ccc(O)c(C(F)(F)F)c4)ON3)cccc21.CCC(F)(F)F. The summed E-state index contributed by atoms with van der Waals surface area (Å²) in [6, 6.07) is 10.6. The molecule has 2 heterocycles. The average molecular weight is 500 g/mol. The first-order valence-corrected chi connectivity index (χ1v) is 10.3. The molecule has 0 radical (unpaired) electrons. The second kappa shape index (κ2) is 9.90. The van der Waals surface area contributed by atoms with E-state index in [9.17, 15) is 31.4 Å². The predicted molar refractivity (Wildman–Crippen MR) is 118 cm³/mol. The highest BCUT2D eigenvalue weighted by atomic mass is 19.4. The number of fused-ring (bicyclic) bond motifs is 1. The second-order valence-electron chi connectivity index (χ2n) is 7.64. The van der Waals surface area contributed by atoms with Crippen LogP contribution in [0.5, 0.6) is 5.75 Å². The summed E-state index contributed by atoms with van der Waals surface area (Å²) < 4.78 is 73.4. The predicted octanol–water partition coefficient (Wildman–Crippen LogP) is 5.78. The zero-order valence-corrected chi connectivity index (χ0v) is 18.4. The van der Waals surface area contributed by atoms with Crippen LogP contribution < -0.4 is 11.2 Å². The molecule has 4 N–H and O–H groups in total. The minimum atomic E-state index is -4.69.